The maximum absolute atomic E-state index is 12.1. The number of hydrogen-bond donors (Lipinski definition) is 2. The van der Waals surface area contributed by atoms with E-state index in [0.29, 0.717) is 15.6 Å². The number of primary amides is 1. The number of carbonyl (C=O) groups is 3. The summed E-state index contributed by atoms with van der Waals surface area (Å²) in [5.74, 6) is -1.58. The van der Waals surface area contributed by atoms with Gasteiger partial charge in [0, 0.05) is 9.90 Å². The molecule has 0 spiro atoms. The Labute approximate surface area is 159 Å². The molecule has 0 fully saturated rings. The van der Waals surface area contributed by atoms with Crippen LogP contribution in [0.1, 0.15) is 32.8 Å². The van der Waals surface area contributed by atoms with Crippen LogP contribution in [0.2, 0.25) is 5.02 Å². The van der Waals surface area contributed by atoms with Gasteiger partial charge in [-0.05, 0) is 42.5 Å². The Morgan fingerprint density at radius 2 is 1.92 bits per heavy atom. The van der Waals surface area contributed by atoms with Crippen molar-refractivity contribution in [1.29, 1.82) is 0 Å². The summed E-state index contributed by atoms with van der Waals surface area (Å²) in [5.41, 5.74) is 7.50. The van der Waals surface area contributed by atoms with Crippen LogP contribution >= 0.6 is 22.9 Å². The Morgan fingerprint density at radius 3 is 2.62 bits per heavy atom. The summed E-state index contributed by atoms with van der Waals surface area (Å²) in [6.45, 7) is -0.423. The zero-order chi connectivity index (χ0) is 18.7. The van der Waals surface area contributed by atoms with Crippen LogP contribution in [0.5, 0.6) is 0 Å². The van der Waals surface area contributed by atoms with Crippen LogP contribution in [-0.2, 0) is 33.6 Å². The average Bonchev–Trinajstić information content (AvgIpc) is 3.15. The predicted molar refractivity (Wildman–Crippen MR) is 99.6 cm³/mol. The van der Waals surface area contributed by atoms with Crippen molar-refractivity contribution in [2.24, 2.45) is 5.73 Å². The largest absolute Gasteiger partial charge is 0.455 e. The minimum Gasteiger partial charge on any atom is -0.455 e. The molecule has 1 aliphatic carbocycles. The van der Waals surface area contributed by atoms with Gasteiger partial charge in [-0.15, -0.1) is 11.3 Å². The van der Waals surface area contributed by atoms with E-state index in [1.165, 1.54) is 11.3 Å². The number of carbonyl (C=O) groups excluding carboxylic acids is 3. The van der Waals surface area contributed by atoms with Gasteiger partial charge in [0.1, 0.15) is 5.00 Å². The number of rotatable bonds is 6. The lowest BCUT2D eigenvalue weighted by atomic mass is 10.1. The van der Waals surface area contributed by atoms with E-state index in [1.807, 2.05) is 0 Å². The van der Waals surface area contributed by atoms with Crippen LogP contribution in [0.4, 0.5) is 5.00 Å². The molecule has 1 aromatic heterocycles. The molecule has 1 aromatic carbocycles. The molecule has 3 rings (SSSR count). The second kappa shape index (κ2) is 7.88. The normalized spacial score (nSPS) is 12.5. The molecule has 1 aliphatic rings. The third-order valence-electron chi connectivity index (χ3n) is 4.05. The summed E-state index contributed by atoms with van der Waals surface area (Å²) >= 11 is 7.15. The summed E-state index contributed by atoms with van der Waals surface area (Å²) in [5, 5.41) is 3.64. The van der Waals surface area contributed by atoms with E-state index >= 15 is 0 Å². The fourth-order valence-electron chi connectivity index (χ4n) is 2.88. The van der Waals surface area contributed by atoms with Crippen LogP contribution < -0.4 is 11.1 Å². The van der Waals surface area contributed by atoms with Crippen LogP contribution in [0.3, 0.4) is 0 Å². The SMILES string of the molecule is NC(=O)c1c(NC(=O)COC(=O)Cc2ccc(Cl)cc2)sc2c1CCC2. The van der Waals surface area contributed by atoms with Gasteiger partial charge in [0.25, 0.3) is 11.8 Å². The number of ether oxygens (including phenoxy) is 1. The van der Waals surface area contributed by atoms with Crippen molar-refractivity contribution in [3.05, 3.63) is 50.9 Å². The van der Waals surface area contributed by atoms with Crippen LogP contribution in [0, 0.1) is 0 Å². The fourth-order valence-corrected chi connectivity index (χ4v) is 4.32. The molecular weight excluding hydrogens is 376 g/mol. The molecule has 6 nitrogen and oxygen atoms in total. The number of halogens is 1. The first-order valence-electron chi connectivity index (χ1n) is 8.08. The van der Waals surface area contributed by atoms with Gasteiger partial charge in [0.2, 0.25) is 0 Å². The molecule has 26 heavy (non-hydrogen) atoms. The second-order valence-corrected chi connectivity index (χ2v) is 7.48. The zero-order valence-corrected chi connectivity index (χ0v) is 15.4. The van der Waals surface area contributed by atoms with E-state index < -0.39 is 24.4 Å². The molecule has 1 heterocycles. The quantitative estimate of drug-likeness (QED) is 0.738. The van der Waals surface area contributed by atoms with Gasteiger partial charge in [-0.2, -0.15) is 0 Å². The third-order valence-corrected chi connectivity index (χ3v) is 5.51. The van der Waals surface area contributed by atoms with Crippen LogP contribution in [0.25, 0.3) is 0 Å². The molecule has 0 bridgehead atoms. The van der Waals surface area contributed by atoms with Crippen molar-refractivity contribution in [1.82, 2.24) is 0 Å². The van der Waals surface area contributed by atoms with Gasteiger partial charge in [-0.25, -0.2) is 0 Å². The van der Waals surface area contributed by atoms with Gasteiger partial charge in [0.05, 0.1) is 12.0 Å². The standard InChI is InChI=1S/C18H17ClN2O4S/c19-11-6-4-10(5-7-11)8-15(23)25-9-14(22)21-18-16(17(20)24)12-2-1-3-13(12)26-18/h4-7H,1-3,8-9H2,(H2,20,24)(H,21,22). The lowest BCUT2D eigenvalue weighted by Gasteiger charge is -2.07. The Balaban J connectivity index is 1.55. The van der Waals surface area contributed by atoms with E-state index in [-0.39, 0.29) is 6.42 Å². The second-order valence-electron chi connectivity index (χ2n) is 5.94. The first-order chi connectivity index (χ1) is 12.4. The lowest BCUT2D eigenvalue weighted by molar-refractivity contribution is -0.146. The summed E-state index contributed by atoms with van der Waals surface area (Å²) in [6.07, 6.45) is 2.70. The summed E-state index contributed by atoms with van der Waals surface area (Å²) in [4.78, 5) is 36.7. The number of hydrogen-bond acceptors (Lipinski definition) is 5. The summed E-state index contributed by atoms with van der Waals surface area (Å²) < 4.78 is 4.99. The van der Waals surface area contributed by atoms with Gasteiger partial charge < -0.3 is 15.8 Å². The number of nitrogens with one attached hydrogen (secondary N) is 1. The highest BCUT2D eigenvalue weighted by molar-refractivity contribution is 7.17. The smallest absolute Gasteiger partial charge is 0.310 e. The van der Waals surface area contributed by atoms with E-state index in [0.717, 1.165) is 35.3 Å². The molecule has 2 aromatic rings. The summed E-state index contributed by atoms with van der Waals surface area (Å²) in [6, 6.07) is 6.79. The highest BCUT2D eigenvalue weighted by Crippen LogP contribution is 2.38. The average molecular weight is 393 g/mol. The fraction of sp³-hybridized carbons (Fsp3) is 0.278. The third kappa shape index (κ3) is 4.23. The molecule has 136 valence electrons. The van der Waals surface area contributed by atoms with Crippen LogP contribution in [-0.4, -0.2) is 24.4 Å². The molecule has 0 aliphatic heterocycles. The molecule has 2 amide bonds. The molecule has 0 radical (unpaired) electrons. The van der Waals surface area contributed by atoms with E-state index in [2.05, 4.69) is 5.32 Å². The van der Waals surface area contributed by atoms with Gasteiger partial charge >= 0.3 is 5.97 Å². The molecule has 0 saturated heterocycles. The molecule has 3 N–H and O–H groups in total. The monoisotopic (exact) mass is 392 g/mol. The maximum atomic E-state index is 12.1. The maximum Gasteiger partial charge on any atom is 0.310 e. The number of nitrogens with two attached hydrogens (primary N) is 1. The first kappa shape index (κ1) is 18.4. The highest BCUT2D eigenvalue weighted by Gasteiger charge is 2.26. The Bertz CT molecular complexity index is 861. The highest BCUT2D eigenvalue weighted by atomic mass is 35.5. The summed E-state index contributed by atoms with van der Waals surface area (Å²) in [7, 11) is 0. The topological polar surface area (TPSA) is 98.5 Å². The van der Waals surface area contributed by atoms with E-state index in [1.54, 1.807) is 24.3 Å². The number of thiophene rings is 1. The molecule has 0 atom stereocenters. The van der Waals surface area contributed by atoms with Crippen molar-refractivity contribution >= 4 is 45.7 Å². The first-order valence-corrected chi connectivity index (χ1v) is 9.27. The number of esters is 1. The molecule has 0 unspecified atom stereocenters. The molecule has 0 saturated carbocycles. The van der Waals surface area contributed by atoms with Crippen LogP contribution in [0.15, 0.2) is 24.3 Å². The van der Waals surface area contributed by atoms with Crippen molar-refractivity contribution in [2.45, 2.75) is 25.7 Å². The van der Waals surface area contributed by atoms with Gasteiger partial charge in [0.15, 0.2) is 6.61 Å². The van der Waals surface area contributed by atoms with Crippen molar-refractivity contribution < 1.29 is 19.1 Å². The molecular formula is C18H17ClN2O4S. The van der Waals surface area contributed by atoms with E-state index in [4.69, 9.17) is 22.1 Å². The Kier molecular flexibility index (Phi) is 5.58. The zero-order valence-electron chi connectivity index (χ0n) is 13.8. The van der Waals surface area contributed by atoms with Gasteiger partial charge in [-0.3, -0.25) is 14.4 Å². The minimum atomic E-state index is -0.556. The van der Waals surface area contributed by atoms with Gasteiger partial charge in [-0.1, -0.05) is 23.7 Å². The number of amides is 2. The van der Waals surface area contributed by atoms with Crippen molar-refractivity contribution in [2.75, 3.05) is 11.9 Å². The number of anilines is 1. The molecule has 8 heteroatoms. The Hall–Kier alpha value is -2.38. The predicted octanol–water partition coefficient (Wildman–Crippen LogP) is 2.71. The Morgan fingerprint density at radius 1 is 1.19 bits per heavy atom. The minimum absolute atomic E-state index is 0.0459. The lowest BCUT2D eigenvalue weighted by Crippen LogP contribution is -2.23. The van der Waals surface area contributed by atoms with E-state index in [9.17, 15) is 14.4 Å². The number of fused-ring (bicyclic) bond motifs is 1. The van der Waals surface area contributed by atoms with Crippen molar-refractivity contribution in [3.63, 3.8) is 0 Å². The number of benzene rings is 1. The van der Waals surface area contributed by atoms with Crippen molar-refractivity contribution in [3.8, 4) is 0 Å². The number of aryl methyl sites for hydroxylation is 1.